The summed E-state index contributed by atoms with van der Waals surface area (Å²) in [5, 5.41) is 0. The van der Waals surface area contributed by atoms with Crippen LogP contribution < -0.4 is 0 Å². The van der Waals surface area contributed by atoms with Crippen molar-refractivity contribution in [2.75, 3.05) is 0 Å². The van der Waals surface area contributed by atoms with Gasteiger partial charge in [0, 0.05) is 0 Å². The van der Waals surface area contributed by atoms with Gasteiger partial charge in [0.1, 0.15) is 6.29 Å². The number of carbonyl (C=O) groups is 1. The molecule has 1 heteroatoms. The lowest BCUT2D eigenvalue weighted by Crippen LogP contribution is -1.71. The maximum atomic E-state index is 9.97. The van der Waals surface area contributed by atoms with Crippen LogP contribution >= 0.6 is 0 Å². The molecule has 0 spiro atoms. The molecule has 0 aliphatic heterocycles. The van der Waals surface area contributed by atoms with Gasteiger partial charge in [-0.3, -0.25) is 4.79 Å². The van der Waals surface area contributed by atoms with Crippen LogP contribution in [0.4, 0.5) is 0 Å². The third-order valence-corrected chi connectivity index (χ3v) is 0.792. The molecule has 0 aromatic heterocycles. The number of aldehydes is 1. The average molecular weight is 122 g/mol. The largest absolute Gasteiger partial charge is 0.298 e. The van der Waals surface area contributed by atoms with Gasteiger partial charge in [-0.15, -0.1) is 0 Å². The lowest BCUT2D eigenvalue weighted by molar-refractivity contribution is -0.104. The van der Waals surface area contributed by atoms with Gasteiger partial charge in [-0.1, -0.05) is 30.9 Å². The van der Waals surface area contributed by atoms with Crippen molar-refractivity contribution in [3.63, 3.8) is 0 Å². The lowest BCUT2D eigenvalue weighted by atomic mass is 10.3. The highest BCUT2D eigenvalue weighted by Crippen LogP contribution is 1.86. The molecule has 0 amide bonds. The number of hydrogen-bond donors (Lipinski definition) is 0. The standard InChI is InChI=1S/C8H10O/c1-3-4-5-6-8(2)7-9/h3-7H,1H2,2H3. The normalized spacial score (nSPS) is 11.9. The van der Waals surface area contributed by atoms with Gasteiger partial charge in [-0.05, 0) is 12.5 Å². The number of rotatable bonds is 3. The molecule has 0 N–H and O–H groups in total. The van der Waals surface area contributed by atoms with Crippen molar-refractivity contribution in [1.29, 1.82) is 0 Å². The lowest BCUT2D eigenvalue weighted by Gasteiger charge is -1.77. The minimum atomic E-state index is 0.716. The van der Waals surface area contributed by atoms with E-state index < -0.39 is 0 Å². The van der Waals surface area contributed by atoms with Crippen LogP contribution in [0.25, 0.3) is 0 Å². The fourth-order valence-electron chi connectivity index (χ4n) is 0.325. The summed E-state index contributed by atoms with van der Waals surface area (Å²) in [6.45, 7) is 5.23. The zero-order chi connectivity index (χ0) is 7.11. The Morgan fingerprint density at radius 1 is 1.44 bits per heavy atom. The molecule has 9 heavy (non-hydrogen) atoms. The molecule has 1 nitrogen and oxygen atoms in total. The van der Waals surface area contributed by atoms with Crippen molar-refractivity contribution in [3.05, 3.63) is 36.5 Å². The van der Waals surface area contributed by atoms with Crippen molar-refractivity contribution in [1.82, 2.24) is 0 Å². The molecule has 0 bridgehead atoms. The van der Waals surface area contributed by atoms with Gasteiger partial charge in [-0.2, -0.15) is 0 Å². The molecule has 0 aliphatic rings. The second-order valence-electron chi connectivity index (χ2n) is 1.65. The Hall–Kier alpha value is -1.11. The molecule has 0 atom stereocenters. The van der Waals surface area contributed by atoms with E-state index in [0.717, 1.165) is 6.29 Å². The highest BCUT2D eigenvalue weighted by Gasteiger charge is 1.75. The van der Waals surface area contributed by atoms with E-state index in [0.29, 0.717) is 5.57 Å². The van der Waals surface area contributed by atoms with Crippen molar-refractivity contribution in [2.45, 2.75) is 6.92 Å². The average Bonchev–Trinajstić information content (AvgIpc) is 1.89. The Morgan fingerprint density at radius 2 is 2.11 bits per heavy atom. The van der Waals surface area contributed by atoms with E-state index in [2.05, 4.69) is 6.58 Å². The second kappa shape index (κ2) is 5.04. The van der Waals surface area contributed by atoms with E-state index >= 15 is 0 Å². The van der Waals surface area contributed by atoms with Gasteiger partial charge >= 0.3 is 0 Å². The van der Waals surface area contributed by atoms with Crippen LogP contribution in [0.3, 0.4) is 0 Å². The zero-order valence-corrected chi connectivity index (χ0v) is 5.50. The topological polar surface area (TPSA) is 17.1 Å². The van der Waals surface area contributed by atoms with E-state index in [1.807, 2.05) is 0 Å². The number of carbonyl (C=O) groups excluding carboxylic acids is 1. The van der Waals surface area contributed by atoms with Gasteiger partial charge in [0.25, 0.3) is 0 Å². The van der Waals surface area contributed by atoms with Gasteiger partial charge in [0.2, 0.25) is 0 Å². The fraction of sp³-hybridized carbons (Fsp3) is 0.125. The first-order valence-electron chi connectivity index (χ1n) is 2.72. The van der Waals surface area contributed by atoms with Gasteiger partial charge in [0.05, 0.1) is 0 Å². The summed E-state index contributed by atoms with van der Waals surface area (Å²) >= 11 is 0. The van der Waals surface area contributed by atoms with Crippen LogP contribution in [0.2, 0.25) is 0 Å². The molecular weight excluding hydrogens is 112 g/mol. The van der Waals surface area contributed by atoms with Crippen LogP contribution in [-0.4, -0.2) is 6.29 Å². The fourth-order valence-corrected chi connectivity index (χ4v) is 0.325. The molecule has 0 aromatic carbocycles. The van der Waals surface area contributed by atoms with E-state index in [1.54, 1.807) is 31.2 Å². The summed E-state index contributed by atoms with van der Waals surface area (Å²) in [5.41, 5.74) is 0.716. The van der Waals surface area contributed by atoms with Crippen molar-refractivity contribution < 1.29 is 4.79 Å². The van der Waals surface area contributed by atoms with E-state index in [9.17, 15) is 4.79 Å². The minimum Gasteiger partial charge on any atom is -0.298 e. The van der Waals surface area contributed by atoms with Crippen LogP contribution in [0.15, 0.2) is 36.5 Å². The number of hydrogen-bond acceptors (Lipinski definition) is 1. The van der Waals surface area contributed by atoms with Gasteiger partial charge < -0.3 is 0 Å². The third-order valence-electron chi connectivity index (χ3n) is 0.792. The summed E-state index contributed by atoms with van der Waals surface area (Å²) in [5.74, 6) is 0. The molecule has 48 valence electrons. The minimum absolute atomic E-state index is 0.716. The summed E-state index contributed by atoms with van der Waals surface area (Å²) < 4.78 is 0. The summed E-state index contributed by atoms with van der Waals surface area (Å²) in [6, 6.07) is 0. The smallest absolute Gasteiger partial charge is 0.145 e. The van der Waals surface area contributed by atoms with Gasteiger partial charge in [-0.25, -0.2) is 0 Å². The molecule has 0 aromatic rings. The van der Waals surface area contributed by atoms with Crippen molar-refractivity contribution in [3.8, 4) is 0 Å². The molecule has 0 heterocycles. The van der Waals surface area contributed by atoms with E-state index in [4.69, 9.17) is 0 Å². The highest BCUT2D eigenvalue weighted by molar-refractivity contribution is 5.72. The maximum Gasteiger partial charge on any atom is 0.145 e. The Balaban J connectivity index is 3.81. The highest BCUT2D eigenvalue weighted by atomic mass is 16.1. The van der Waals surface area contributed by atoms with Crippen LogP contribution in [0, 0.1) is 0 Å². The number of allylic oxidation sites excluding steroid dienone is 5. The molecule has 0 fully saturated rings. The van der Waals surface area contributed by atoms with Crippen molar-refractivity contribution in [2.24, 2.45) is 0 Å². The predicted octanol–water partition coefficient (Wildman–Crippen LogP) is 1.87. The van der Waals surface area contributed by atoms with E-state index in [-0.39, 0.29) is 0 Å². The van der Waals surface area contributed by atoms with Gasteiger partial charge in [0.15, 0.2) is 0 Å². The maximum absolute atomic E-state index is 9.97. The van der Waals surface area contributed by atoms with Crippen LogP contribution in [-0.2, 0) is 4.79 Å². The molecule has 0 saturated heterocycles. The third kappa shape index (κ3) is 4.75. The quantitative estimate of drug-likeness (QED) is 0.317. The zero-order valence-electron chi connectivity index (χ0n) is 5.50. The Labute approximate surface area is 55.4 Å². The predicted molar refractivity (Wildman–Crippen MR) is 39.2 cm³/mol. The summed E-state index contributed by atoms with van der Waals surface area (Å²) in [4.78, 5) is 9.97. The Bertz CT molecular complexity index is 152. The van der Waals surface area contributed by atoms with E-state index in [1.165, 1.54) is 0 Å². The van der Waals surface area contributed by atoms with Crippen molar-refractivity contribution >= 4 is 6.29 Å². The monoisotopic (exact) mass is 122 g/mol. The van der Waals surface area contributed by atoms with Crippen LogP contribution in [0.1, 0.15) is 6.92 Å². The molecule has 0 saturated carbocycles. The first-order valence-corrected chi connectivity index (χ1v) is 2.72. The van der Waals surface area contributed by atoms with Crippen LogP contribution in [0.5, 0.6) is 0 Å². The molecule has 0 unspecified atom stereocenters. The molecule has 0 rings (SSSR count). The second-order valence-corrected chi connectivity index (χ2v) is 1.65. The Kier molecular flexibility index (Phi) is 4.41. The molecule has 0 radical (unpaired) electrons. The SMILES string of the molecule is C=CC=CC=C(C)C=O. The summed E-state index contributed by atoms with van der Waals surface area (Å²) in [6.07, 6.45) is 7.75. The molecule has 0 aliphatic carbocycles. The first kappa shape index (κ1) is 7.89. The summed E-state index contributed by atoms with van der Waals surface area (Å²) in [7, 11) is 0. The first-order chi connectivity index (χ1) is 4.31. The Morgan fingerprint density at radius 3 is 2.56 bits per heavy atom. The molecular formula is C8H10O.